The zero-order chi connectivity index (χ0) is 12.5. The molecule has 0 fully saturated rings. The molecule has 9 nitrogen and oxygen atoms in total. The number of nitro benzene ring substituents is 2. The summed E-state index contributed by atoms with van der Waals surface area (Å²) < 4.78 is 0. The number of aromatic hydroxyl groups is 1. The Bertz CT molecular complexity index is 497. The molecule has 0 atom stereocenters. The smallest absolute Gasteiger partial charge is 0.317 e. The lowest BCUT2D eigenvalue weighted by Gasteiger charge is -2.00. The van der Waals surface area contributed by atoms with Gasteiger partial charge in [-0.3, -0.25) is 25.0 Å². The molecule has 0 saturated carbocycles. The number of carbonyl (C=O) groups is 1. The van der Waals surface area contributed by atoms with E-state index >= 15 is 0 Å². The number of phenolic OH excluding ortho intramolecular Hbond substituents is 1. The summed E-state index contributed by atoms with van der Waals surface area (Å²) in [4.78, 5) is 29.7. The maximum atomic E-state index is 10.8. The van der Waals surface area contributed by atoms with Crippen molar-refractivity contribution in [2.75, 3.05) is 0 Å². The molecule has 1 amide bonds. The van der Waals surface area contributed by atoms with Crippen LogP contribution in [0.4, 0.5) is 11.4 Å². The van der Waals surface area contributed by atoms with Gasteiger partial charge in [-0.2, -0.15) is 0 Å². The van der Waals surface area contributed by atoms with Crippen molar-refractivity contribution >= 4 is 17.3 Å². The number of nitro groups is 2. The highest BCUT2D eigenvalue weighted by Crippen LogP contribution is 2.33. The quantitative estimate of drug-likeness (QED) is 0.560. The van der Waals surface area contributed by atoms with Crippen LogP contribution in [0, 0.1) is 20.2 Å². The summed E-state index contributed by atoms with van der Waals surface area (Å²) in [7, 11) is 0. The van der Waals surface area contributed by atoms with E-state index in [4.69, 9.17) is 10.8 Å². The summed E-state index contributed by atoms with van der Waals surface area (Å²) in [6, 6.07) is 1.08. The van der Waals surface area contributed by atoms with Gasteiger partial charge in [0, 0.05) is 6.07 Å². The topological polar surface area (TPSA) is 150 Å². The van der Waals surface area contributed by atoms with Gasteiger partial charge in [-0.15, -0.1) is 0 Å². The summed E-state index contributed by atoms with van der Waals surface area (Å²) >= 11 is 0. The summed E-state index contributed by atoms with van der Waals surface area (Å²) in [5.74, 6) is -2.01. The molecule has 0 bridgehead atoms. The number of phenols is 1. The number of primary amides is 1. The Labute approximate surface area is 87.4 Å². The van der Waals surface area contributed by atoms with Gasteiger partial charge in [0.1, 0.15) is 5.56 Å². The van der Waals surface area contributed by atoms with Crippen molar-refractivity contribution in [1.29, 1.82) is 0 Å². The molecule has 84 valence electrons. The summed E-state index contributed by atoms with van der Waals surface area (Å²) in [5, 5.41) is 30.0. The van der Waals surface area contributed by atoms with Gasteiger partial charge in [-0.25, -0.2) is 0 Å². The van der Waals surface area contributed by atoms with Gasteiger partial charge in [0.15, 0.2) is 5.75 Å². The van der Waals surface area contributed by atoms with Gasteiger partial charge in [-0.05, 0) is 0 Å². The van der Waals surface area contributed by atoms with Crippen molar-refractivity contribution < 1.29 is 19.7 Å². The lowest BCUT2D eigenvalue weighted by atomic mass is 10.1. The fraction of sp³-hybridized carbons (Fsp3) is 0. The Morgan fingerprint density at radius 3 is 2.06 bits per heavy atom. The normalized spacial score (nSPS) is 9.75. The first-order valence-electron chi connectivity index (χ1n) is 3.80. The van der Waals surface area contributed by atoms with E-state index in [1.54, 1.807) is 0 Å². The monoisotopic (exact) mass is 227 g/mol. The van der Waals surface area contributed by atoms with Crippen molar-refractivity contribution in [2.45, 2.75) is 0 Å². The van der Waals surface area contributed by atoms with Crippen LogP contribution in [0.5, 0.6) is 5.75 Å². The molecule has 0 aliphatic rings. The molecule has 0 spiro atoms. The SMILES string of the molecule is NC(=O)c1cc(O)c([N+](=O)[O-])cc1[N+](=O)[O-]. The van der Waals surface area contributed by atoms with Crippen molar-refractivity contribution in [1.82, 2.24) is 0 Å². The second-order valence-electron chi connectivity index (χ2n) is 2.74. The molecule has 3 N–H and O–H groups in total. The molecule has 1 rings (SSSR count). The second-order valence-corrected chi connectivity index (χ2v) is 2.74. The molecule has 0 aliphatic carbocycles. The first-order valence-corrected chi connectivity index (χ1v) is 3.80. The molecule has 1 aromatic rings. The van der Waals surface area contributed by atoms with Gasteiger partial charge < -0.3 is 10.8 Å². The molecule has 0 saturated heterocycles. The molecule has 0 aromatic heterocycles. The Balaban J connectivity index is 3.55. The fourth-order valence-electron chi connectivity index (χ4n) is 1.06. The third-order valence-electron chi connectivity index (χ3n) is 1.75. The van der Waals surface area contributed by atoms with E-state index in [-0.39, 0.29) is 0 Å². The van der Waals surface area contributed by atoms with Crippen LogP contribution < -0.4 is 5.73 Å². The minimum Gasteiger partial charge on any atom is -0.502 e. The van der Waals surface area contributed by atoms with Crippen molar-refractivity contribution in [3.8, 4) is 5.75 Å². The van der Waals surface area contributed by atoms with Gasteiger partial charge >= 0.3 is 5.69 Å². The van der Waals surface area contributed by atoms with Crippen molar-refractivity contribution in [3.05, 3.63) is 37.9 Å². The summed E-state index contributed by atoms with van der Waals surface area (Å²) in [6.45, 7) is 0. The van der Waals surface area contributed by atoms with E-state index in [2.05, 4.69) is 0 Å². The van der Waals surface area contributed by atoms with Crippen LogP contribution in [0.25, 0.3) is 0 Å². The highest BCUT2D eigenvalue weighted by molar-refractivity contribution is 5.98. The molecule has 1 aromatic carbocycles. The van der Waals surface area contributed by atoms with E-state index < -0.39 is 38.4 Å². The number of benzene rings is 1. The Morgan fingerprint density at radius 1 is 1.19 bits per heavy atom. The fourth-order valence-corrected chi connectivity index (χ4v) is 1.06. The predicted octanol–water partition coefficient (Wildman–Crippen LogP) is 0.307. The van der Waals surface area contributed by atoms with Crippen LogP contribution in [-0.2, 0) is 0 Å². The highest BCUT2D eigenvalue weighted by Gasteiger charge is 2.26. The molecular weight excluding hydrogens is 222 g/mol. The number of nitrogens with zero attached hydrogens (tertiary/aromatic N) is 2. The zero-order valence-electron chi connectivity index (χ0n) is 7.61. The summed E-state index contributed by atoms with van der Waals surface area (Å²) in [5.41, 5.74) is 2.55. The van der Waals surface area contributed by atoms with Crippen molar-refractivity contribution in [3.63, 3.8) is 0 Å². The zero-order valence-corrected chi connectivity index (χ0v) is 7.61. The van der Waals surface area contributed by atoms with Gasteiger partial charge in [-0.1, -0.05) is 0 Å². The molecule has 0 unspecified atom stereocenters. The molecule has 0 aliphatic heterocycles. The molecule has 0 radical (unpaired) electrons. The van der Waals surface area contributed by atoms with Gasteiger partial charge in [0.05, 0.1) is 15.9 Å². The minimum absolute atomic E-state index is 0.482. The van der Waals surface area contributed by atoms with Gasteiger partial charge in [0.2, 0.25) is 0 Å². The second kappa shape index (κ2) is 3.81. The predicted molar refractivity (Wildman–Crippen MR) is 49.9 cm³/mol. The standard InChI is InChI=1S/C7H5N3O6/c8-7(12)3-1-6(11)5(10(15)16)2-4(3)9(13)14/h1-2,11H,(H2,8,12). The van der Waals surface area contributed by atoms with Crippen LogP contribution in [-0.4, -0.2) is 20.9 Å². The van der Waals surface area contributed by atoms with Crippen LogP contribution >= 0.6 is 0 Å². The third-order valence-corrected chi connectivity index (χ3v) is 1.75. The first-order chi connectivity index (χ1) is 7.34. The van der Waals surface area contributed by atoms with E-state index in [9.17, 15) is 25.0 Å². The number of nitrogens with two attached hydrogens (primary N) is 1. The maximum absolute atomic E-state index is 10.8. The lowest BCUT2D eigenvalue weighted by Crippen LogP contribution is -2.13. The summed E-state index contributed by atoms with van der Waals surface area (Å²) in [6.07, 6.45) is 0. The van der Waals surface area contributed by atoms with E-state index in [1.165, 1.54) is 0 Å². The number of hydrogen-bond donors (Lipinski definition) is 2. The van der Waals surface area contributed by atoms with Crippen LogP contribution in [0.2, 0.25) is 0 Å². The van der Waals surface area contributed by atoms with E-state index in [0.717, 1.165) is 0 Å². The lowest BCUT2D eigenvalue weighted by molar-refractivity contribution is -0.394. The highest BCUT2D eigenvalue weighted by atomic mass is 16.6. The first kappa shape index (κ1) is 11.4. The van der Waals surface area contributed by atoms with Gasteiger partial charge in [0.25, 0.3) is 11.6 Å². The Morgan fingerprint density at radius 2 is 1.69 bits per heavy atom. The number of carbonyl (C=O) groups excluding carboxylic acids is 1. The average Bonchev–Trinajstić information content (AvgIpc) is 2.15. The molecule has 16 heavy (non-hydrogen) atoms. The minimum atomic E-state index is -1.16. The van der Waals surface area contributed by atoms with Crippen LogP contribution in [0.1, 0.15) is 10.4 Å². The molecule has 0 heterocycles. The average molecular weight is 227 g/mol. The largest absolute Gasteiger partial charge is 0.502 e. The molecule has 9 heteroatoms. The van der Waals surface area contributed by atoms with E-state index in [1.807, 2.05) is 0 Å². The Hall–Kier alpha value is -2.71. The number of hydrogen-bond acceptors (Lipinski definition) is 6. The maximum Gasteiger partial charge on any atom is 0.317 e. The molecular formula is C7H5N3O6. The van der Waals surface area contributed by atoms with Crippen LogP contribution in [0.3, 0.4) is 0 Å². The van der Waals surface area contributed by atoms with Crippen LogP contribution in [0.15, 0.2) is 12.1 Å². The number of rotatable bonds is 3. The number of amides is 1. The van der Waals surface area contributed by atoms with E-state index in [0.29, 0.717) is 12.1 Å². The Kier molecular flexibility index (Phi) is 2.70. The van der Waals surface area contributed by atoms with Crippen molar-refractivity contribution in [2.24, 2.45) is 5.73 Å². The third kappa shape index (κ3) is 1.87.